The first-order chi connectivity index (χ1) is 11.2. The van der Waals surface area contributed by atoms with Crippen LogP contribution >= 0.6 is 0 Å². The molecule has 0 aliphatic carbocycles. The lowest BCUT2D eigenvalue weighted by molar-refractivity contribution is 0.0890. The number of nitrogens with one attached hydrogen (secondary N) is 2. The van der Waals surface area contributed by atoms with E-state index >= 15 is 0 Å². The lowest BCUT2D eigenvalue weighted by atomic mass is 10.1. The molecular weight excluding hydrogens is 290 g/mol. The number of aliphatic imine (C=N–C) groups is 1. The Kier molecular flexibility index (Phi) is 7.39. The Morgan fingerprint density at radius 3 is 3.09 bits per heavy atom. The summed E-state index contributed by atoms with van der Waals surface area (Å²) in [6, 6.07) is 0.286. The number of aryl methyl sites for hydroxylation is 2. The molecule has 6 heteroatoms. The van der Waals surface area contributed by atoms with Crippen LogP contribution in [0.5, 0.6) is 0 Å². The third-order valence-corrected chi connectivity index (χ3v) is 4.00. The fraction of sp³-hybridized carbons (Fsp3) is 0.765. The summed E-state index contributed by atoms with van der Waals surface area (Å²) in [4.78, 5) is 4.62. The number of aromatic nitrogens is 2. The van der Waals surface area contributed by atoms with Crippen molar-refractivity contribution in [1.82, 2.24) is 20.4 Å². The first kappa shape index (κ1) is 17.8. The largest absolute Gasteiger partial charge is 0.376 e. The van der Waals surface area contributed by atoms with Gasteiger partial charge in [-0.05, 0) is 45.1 Å². The van der Waals surface area contributed by atoms with E-state index in [-0.39, 0.29) is 6.04 Å². The standard InChI is InChI=1S/C17H31N5O/c1-4-8-18-17(21-15(3)16-7-5-11-23-16)19-9-6-10-22-13-14(2)12-20-22/h12-13,15-16H,4-11H2,1-3H3,(H2,18,19,21)/t15-,16-/m1/s1. The number of ether oxygens (including phenoxy) is 1. The Morgan fingerprint density at radius 2 is 2.43 bits per heavy atom. The normalized spacial score (nSPS) is 19.8. The van der Waals surface area contributed by atoms with Crippen molar-refractivity contribution in [2.24, 2.45) is 4.99 Å². The number of rotatable bonds is 8. The molecule has 130 valence electrons. The second kappa shape index (κ2) is 9.55. The molecule has 1 fully saturated rings. The van der Waals surface area contributed by atoms with Crippen LogP contribution in [0.2, 0.25) is 0 Å². The van der Waals surface area contributed by atoms with Crippen LogP contribution in [-0.2, 0) is 11.3 Å². The van der Waals surface area contributed by atoms with Gasteiger partial charge in [0.1, 0.15) is 0 Å². The molecule has 0 spiro atoms. The third-order valence-electron chi connectivity index (χ3n) is 4.00. The average molecular weight is 321 g/mol. The summed E-state index contributed by atoms with van der Waals surface area (Å²) < 4.78 is 7.74. The number of nitrogens with zero attached hydrogens (tertiary/aromatic N) is 3. The molecule has 6 nitrogen and oxygen atoms in total. The molecule has 2 atom stereocenters. The highest BCUT2D eigenvalue weighted by molar-refractivity contribution is 5.80. The molecule has 0 unspecified atom stereocenters. The first-order valence-electron chi connectivity index (χ1n) is 8.84. The van der Waals surface area contributed by atoms with Gasteiger partial charge < -0.3 is 15.4 Å². The summed E-state index contributed by atoms with van der Waals surface area (Å²) in [5.74, 6) is 0.895. The molecule has 1 aliphatic heterocycles. The van der Waals surface area contributed by atoms with Gasteiger partial charge in [0.2, 0.25) is 0 Å². The Morgan fingerprint density at radius 1 is 1.57 bits per heavy atom. The Hall–Kier alpha value is -1.56. The van der Waals surface area contributed by atoms with Crippen molar-refractivity contribution in [1.29, 1.82) is 0 Å². The Balaban J connectivity index is 1.73. The van der Waals surface area contributed by atoms with Gasteiger partial charge in [0.05, 0.1) is 18.3 Å². The van der Waals surface area contributed by atoms with E-state index < -0.39 is 0 Å². The van der Waals surface area contributed by atoms with Crippen molar-refractivity contribution in [3.63, 3.8) is 0 Å². The molecule has 23 heavy (non-hydrogen) atoms. The van der Waals surface area contributed by atoms with Crippen LogP contribution in [0, 0.1) is 6.92 Å². The van der Waals surface area contributed by atoms with Crippen molar-refractivity contribution in [2.45, 2.75) is 65.1 Å². The van der Waals surface area contributed by atoms with Gasteiger partial charge >= 0.3 is 0 Å². The highest BCUT2D eigenvalue weighted by Crippen LogP contribution is 2.15. The summed E-state index contributed by atoms with van der Waals surface area (Å²) >= 11 is 0. The second-order valence-corrected chi connectivity index (χ2v) is 6.28. The maximum absolute atomic E-state index is 5.75. The number of hydrogen-bond donors (Lipinski definition) is 2. The Bertz CT molecular complexity index is 479. The van der Waals surface area contributed by atoms with E-state index in [0.29, 0.717) is 6.10 Å². The highest BCUT2D eigenvalue weighted by Gasteiger charge is 2.22. The number of hydrogen-bond acceptors (Lipinski definition) is 3. The zero-order valence-corrected chi connectivity index (χ0v) is 14.7. The predicted octanol–water partition coefficient (Wildman–Crippen LogP) is 2.09. The van der Waals surface area contributed by atoms with Crippen molar-refractivity contribution < 1.29 is 4.74 Å². The zero-order chi connectivity index (χ0) is 16.5. The molecule has 0 bridgehead atoms. The van der Waals surface area contributed by atoms with E-state index in [2.05, 4.69) is 47.7 Å². The summed E-state index contributed by atoms with van der Waals surface area (Å²) in [6.07, 6.45) is 8.63. The minimum Gasteiger partial charge on any atom is -0.376 e. The molecule has 2 N–H and O–H groups in total. The SMILES string of the molecule is CCCN=C(NCCCn1cc(C)cn1)N[C@H](C)[C@H]1CCCO1. The Labute approximate surface area is 139 Å². The van der Waals surface area contributed by atoms with Crippen LogP contribution in [0.15, 0.2) is 17.4 Å². The molecule has 0 saturated carbocycles. The van der Waals surface area contributed by atoms with Crippen LogP contribution in [0.25, 0.3) is 0 Å². The fourth-order valence-electron chi connectivity index (χ4n) is 2.72. The minimum absolute atomic E-state index is 0.286. The molecule has 1 aliphatic rings. The summed E-state index contributed by atoms with van der Waals surface area (Å²) in [7, 11) is 0. The van der Waals surface area contributed by atoms with Crippen molar-refractivity contribution in [3.8, 4) is 0 Å². The number of guanidine groups is 1. The van der Waals surface area contributed by atoms with E-state index in [0.717, 1.165) is 57.9 Å². The molecule has 0 amide bonds. The van der Waals surface area contributed by atoms with Crippen LogP contribution in [0.3, 0.4) is 0 Å². The molecule has 1 saturated heterocycles. The molecule has 1 aromatic rings. The average Bonchev–Trinajstić information content (AvgIpc) is 3.20. The minimum atomic E-state index is 0.286. The smallest absolute Gasteiger partial charge is 0.191 e. The van der Waals surface area contributed by atoms with Gasteiger partial charge in [-0.25, -0.2) is 0 Å². The summed E-state index contributed by atoms with van der Waals surface area (Å²) in [5, 5.41) is 11.2. The maximum atomic E-state index is 5.75. The third kappa shape index (κ3) is 6.22. The van der Waals surface area contributed by atoms with Gasteiger partial charge in [0, 0.05) is 32.4 Å². The molecular formula is C17H31N5O. The van der Waals surface area contributed by atoms with Gasteiger partial charge in [-0.15, -0.1) is 0 Å². The topological polar surface area (TPSA) is 63.5 Å². The second-order valence-electron chi connectivity index (χ2n) is 6.28. The van der Waals surface area contributed by atoms with E-state index in [1.165, 1.54) is 5.56 Å². The van der Waals surface area contributed by atoms with Crippen molar-refractivity contribution in [3.05, 3.63) is 18.0 Å². The van der Waals surface area contributed by atoms with Crippen LogP contribution in [0.1, 0.15) is 45.1 Å². The first-order valence-corrected chi connectivity index (χ1v) is 8.84. The molecule has 1 aromatic heterocycles. The molecule has 0 radical (unpaired) electrons. The van der Waals surface area contributed by atoms with E-state index in [9.17, 15) is 0 Å². The highest BCUT2D eigenvalue weighted by atomic mass is 16.5. The quantitative estimate of drug-likeness (QED) is 0.437. The van der Waals surface area contributed by atoms with Gasteiger partial charge in [-0.1, -0.05) is 6.92 Å². The van der Waals surface area contributed by atoms with Crippen LogP contribution in [-0.4, -0.2) is 47.6 Å². The van der Waals surface area contributed by atoms with Crippen LogP contribution < -0.4 is 10.6 Å². The van der Waals surface area contributed by atoms with Crippen molar-refractivity contribution >= 4 is 5.96 Å². The van der Waals surface area contributed by atoms with E-state index in [1.54, 1.807) is 0 Å². The van der Waals surface area contributed by atoms with E-state index in [1.807, 2.05) is 10.9 Å². The van der Waals surface area contributed by atoms with Gasteiger partial charge in [-0.2, -0.15) is 5.10 Å². The zero-order valence-electron chi connectivity index (χ0n) is 14.7. The monoisotopic (exact) mass is 321 g/mol. The van der Waals surface area contributed by atoms with Crippen LogP contribution in [0.4, 0.5) is 0 Å². The van der Waals surface area contributed by atoms with E-state index in [4.69, 9.17) is 4.74 Å². The summed E-state index contributed by atoms with van der Waals surface area (Å²) in [6.45, 7) is 9.90. The summed E-state index contributed by atoms with van der Waals surface area (Å²) in [5.41, 5.74) is 1.20. The molecule has 0 aromatic carbocycles. The van der Waals surface area contributed by atoms with Gasteiger partial charge in [0.15, 0.2) is 5.96 Å². The fourth-order valence-corrected chi connectivity index (χ4v) is 2.72. The van der Waals surface area contributed by atoms with Gasteiger partial charge in [-0.3, -0.25) is 9.67 Å². The predicted molar refractivity (Wildman–Crippen MR) is 93.7 cm³/mol. The lowest BCUT2D eigenvalue weighted by Gasteiger charge is -2.22. The molecule has 2 rings (SSSR count). The molecule has 2 heterocycles. The lowest BCUT2D eigenvalue weighted by Crippen LogP contribution is -2.47. The van der Waals surface area contributed by atoms with Gasteiger partial charge in [0.25, 0.3) is 0 Å². The maximum Gasteiger partial charge on any atom is 0.191 e. The van der Waals surface area contributed by atoms with Crippen molar-refractivity contribution in [2.75, 3.05) is 19.7 Å².